The Morgan fingerprint density at radius 2 is 2.33 bits per heavy atom. The Bertz CT molecular complexity index is 419. The van der Waals surface area contributed by atoms with Gasteiger partial charge in [-0.2, -0.15) is 0 Å². The molecular formula is C14H19NO3. The number of benzene rings is 1. The smallest absolute Gasteiger partial charge is 0.337 e. The maximum atomic E-state index is 11.4. The molecule has 0 saturated carbocycles. The quantitative estimate of drug-likeness (QED) is 0.763. The number of nitrogens with zero attached hydrogens (tertiary/aromatic N) is 1. The van der Waals surface area contributed by atoms with Crippen molar-refractivity contribution >= 4 is 5.97 Å². The third-order valence-corrected chi connectivity index (χ3v) is 3.23. The van der Waals surface area contributed by atoms with Crippen LogP contribution in [0.4, 0.5) is 0 Å². The Kier molecular flexibility index (Phi) is 4.20. The lowest BCUT2D eigenvalue weighted by molar-refractivity contribution is 0.0600. The Hall–Kier alpha value is -1.55. The summed E-state index contributed by atoms with van der Waals surface area (Å²) in [6.45, 7) is 2.92. The van der Waals surface area contributed by atoms with Gasteiger partial charge in [-0.3, -0.25) is 0 Å². The van der Waals surface area contributed by atoms with Crippen LogP contribution in [0.25, 0.3) is 0 Å². The van der Waals surface area contributed by atoms with Gasteiger partial charge in [0.25, 0.3) is 0 Å². The molecule has 2 rings (SSSR count). The van der Waals surface area contributed by atoms with Gasteiger partial charge in [0.05, 0.1) is 19.3 Å². The van der Waals surface area contributed by atoms with Crippen molar-refractivity contribution in [2.24, 2.45) is 5.92 Å². The predicted molar refractivity (Wildman–Crippen MR) is 68.9 cm³/mol. The molecule has 1 saturated heterocycles. The molecule has 98 valence electrons. The van der Waals surface area contributed by atoms with Gasteiger partial charge in [0.15, 0.2) is 0 Å². The molecule has 18 heavy (non-hydrogen) atoms. The van der Waals surface area contributed by atoms with Gasteiger partial charge in [-0.1, -0.05) is 6.07 Å². The van der Waals surface area contributed by atoms with Crippen LogP contribution < -0.4 is 4.74 Å². The van der Waals surface area contributed by atoms with E-state index < -0.39 is 0 Å². The Morgan fingerprint density at radius 3 is 3.00 bits per heavy atom. The minimum atomic E-state index is -0.332. The van der Waals surface area contributed by atoms with E-state index in [1.807, 2.05) is 12.1 Å². The fraction of sp³-hybridized carbons (Fsp3) is 0.500. The van der Waals surface area contributed by atoms with E-state index >= 15 is 0 Å². The van der Waals surface area contributed by atoms with E-state index in [0.29, 0.717) is 18.1 Å². The van der Waals surface area contributed by atoms with Gasteiger partial charge in [0, 0.05) is 12.5 Å². The molecule has 4 heteroatoms. The third-order valence-electron chi connectivity index (χ3n) is 3.23. The number of likely N-dealkylation sites (tertiary alicyclic amines) is 1. The summed E-state index contributed by atoms with van der Waals surface area (Å²) in [5.74, 6) is 0.977. The van der Waals surface area contributed by atoms with Crippen LogP contribution in [-0.2, 0) is 4.74 Å². The highest BCUT2D eigenvalue weighted by Crippen LogP contribution is 2.18. The molecule has 4 nitrogen and oxygen atoms in total. The number of hydrogen-bond donors (Lipinski definition) is 0. The van der Waals surface area contributed by atoms with Crippen LogP contribution in [-0.4, -0.2) is 44.7 Å². The van der Waals surface area contributed by atoms with Gasteiger partial charge < -0.3 is 14.4 Å². The third kappa shape index (κ3) is 3.23. The maximum Gasteiger partial charge on any atom is 0.337 e. The number of rotatable bonds is 4. The first-order valence-corrected chi connectivity index (χ1v) is 6.19. The Morgan fingerprint density at radius 1 is 1.50 bits per heavy atom. The highest BCUT2D eigenvalue weighted by Gasteiger charge is 2.19. The van der Waals surface area contributed by atoms with Crippen molar-refractivity contribution in [1.82, 2.24) is 4.90 Å². The van der Waals surface area contributed by atoms with Crippen LogP contribution in [0.5, 0.6) is 5.75 Å². The summed E-state index contributed by atoms with van der Waals surface area (Å²) in [5, 5.41) is 0. The lowest BCUT2D eigenvalue weighted by Gasteiger charge is -2.12. The molecule has 1 aromatic rings. The second-order valence-electron chi connectivity index (χ2n) is 4.75. The van der Waals surface area contributed by atoms with Crippen molar-refractivity contribution in [2.75, 3.05) is 33.9 Å². The summed E-state index contributed by atoms with van der Waals surface area (Å²) in [6.07, 6.45) is 1.17. The molecule has 1 heterocycles. The Balaban J connectivity index is 1.91. The van der Waals surface area contributed by atoms with Crippen LogP contribution in [0.2, 0.25) is 0 Å². The van der Waals surface area contributed by atoms with Crippen molar-refractivity contribution in [2.45, 2.75) is 6.42 Å². The fourth-order valence-electron chi connectivity index (χ4n) is 2.21. The van der Waals surface area contributed by atoms with E-state index in [1.54, 1.807) is 12.1 Å². The second-order valence-corrected chi connectivity index (χ2v) is 4.75. The number of methoxy groups -OCH3 is 1. The van der Waals surface area contributed by atoms with Gasteiger partial charge in [-0.05, 0) is 38.2 Å². The number of carbonyl (C=O) groups excluding carboxylic acids is 1. The minimum absolute atomic E-state index is 0.332. The van der Waals surface area contributed by atoms with E-state index in [1.165, 1.54) is 13.5 Å². The van der Waals surface area contributed by atoms with Crippen LogP contribution in [0.3, 0.4) is 0 Å². The highest BCUT2D eigenvalue weighted by molar-refractivity contribution is 5.89. The molecule has 0 amide bonds. The molecular weight excluding hydrogens is 230 g/mol. The van der Waals surface area contributed by atoms with Crippen molar-refractivity contribution in [3.63, 3.8) is 0 Å². The first-order chi connectivity index (χ1) is 8.69. The molecule has 0 spiro atoms. The van der Waals surface area contributed by atoms with Crippen molar-refractivity contribution < 1.29 is 14.3 Å². The van der Waals surface area contributed by atoms with Crippen LogP contribution >= 0.6 is 0 Å². The summed E-state index contributed by atoms with van der Waals surface area (Å²) in [5.41, 5.74) is 0.526. The highest BCUT2D eigenvalue weighted by atomic mass is 16.5. The standard InChI is InChI=1S/C14H19NO3/c1-15-7-6-11(9-15)10-18-13-5-3-4-12(8-13)14(16)17-2/h3-5,8,11H,6-7,9-10H2,1-2H3. The van der Waals surface area contributed by atoms with E-state index in [9.17, 15) is 4.79 Å². The molecule has 0 bridgehead atoms. The average Bonchev–Trinajstić information content (AvgIpc) is 2.81. The van der Waals surface area contributed by atoms with Crippen LogP contribution in [0.1, 0.15) is 16.8 Å². The maximum absolute atomic E-state index is 11.4. The van der Waals surface area contributed by atoms with Gasteiger partial charge >= 0.3 is 5.97 Å². The fourth-order valence-corrected chi connectivity index (χ4v) is 2.21. The summed E-state index contributed by atoms with van der Waals surface area (Å²) in [7, 11) is 3.50. The van der Waals surface area contributed by atoms with Gasteiger partial charge in [0.1, 0.15) is 5.75 Å². The molecule has 0 N–H and O–H groups in total. The normalized spacial score (nSPS) is 19.8. The van der Waals surface area contributed by atoms with Gasteiger partial charge in [0.2, 0.25) is 0 Å². The molecule has 0 aromatic heterocycles. The number of ether oxygens (including phenoxy) is 2. The molecule has 1 fully saturated rings. The lowest BCUT2D eigenvalue weighted by Crippen LogP contribution is -2.18. The Labute approximate surface area is 107 Å². The molecule has 1 aliphatic rings. The summed E-state index contributed by atoms with van der Waals surface area (Å²) in [4.78, 5) is 13.7. The summed E-state index contributed by atoms with van der Waals surface area (Å²) in [6, 6.07) is 7.13. The van der Waals surface area contributed by atoms with Crippen molar-refractivity contribution in [1.29, 1.82) is 0 Å². The zero-order valence-electron chi connectivity index (χ0n) is 10.9. The zero-order valence-corrected chi connectivity index (χ0v) is 10.9. The second kappa shape index (κ2) is 5.87. The van der Waals surface area contributed by atoms with E-state index in [0.717, 1.165) is 18.8 Å². The van der Waals surface area contributed by atoms with E-state index in [4.69, 9.17) is 4.74 Å². The SMILES string of the molecule is COC(=O)c1cccc(OCC2CCN(C)C2)c1. The number of hydrogen-bond acceptors (Lipinski definition) is 4. The van der Waals surface area contributed by atoms with Gasteiger partial charge in [-0.15, -0.1) is 0 Å². The minimum Gasteiger partial charge on any atom is -0.493 e. The van der Waals surface area contributed by atoms with Crippen molar-refractivity contribution in [3.05, 3.63) is 29.8 Å². The first-order valence-electron chi connectivity index (χ1n) is 6.19. The molecule has 0 aliphatic carbocycles. The summed E-state index contributed by atoms with van der Waals surface area (Å²) < 4.78 is 10.4. The number of carbonyl (C=O) groups is 1. The van der Waals surface area contributed by atoms with E-state index in [2.05, 4.69) is 16.7 Å². The van der Waals surface area contributed by atoms with Crippen LogP contribution in [0, 0.1) is 5.92 Å². The van der Waals surface area contributed by atoms with Gasteiger partial charge in [-0.25, -0.2) is 4.79 Å². The zero-order chi connectivity index (χ0) is 13.0. The molecule has 1 aromatic carbocycles. The molecule has 1 aliphatic heterocycles. The van der Waals surface area contributed by atoms with E-state index in [-0.39, 0.29) is 5.97 Å². The average molecular weight is 249 g/mol. The topological polar surface area (TPSA) is 38.8 Å². The molecule has 1 unspecified atom stereocenters. The largest absolute Gasteiger partial charge is 0.493 e. The number of esters is 1. The first kappa shape index (κ1) is 12.9. The molecule has 0 radical (unpaired) electrons. The summed E-state index contributed by atoms with van der Waals surface area (Å²) >= 11 is 0. The molecule has 1 atom stereocenters. The van der Waals surface area contributed by atoms with Crippen molar-refractivity contribution in [3.8, 4) is 5.75 Å². The monoisotopic (exact) mass is 249 g/mol. The van der Waals surface area contributed by atoms with Crippen LogP contribution in [0.15, 0.2) is 24.3 Å². The lowest BCUT2D eigenvalue weighted by atomic mass is 10.1. The predicted octanol–water partition coefficient (Wildman–Crippen LogP) is 1.80.